The molecule has 0 amide bonds. The van der Waals surface area contributed by atoms with E-state index in [1.807, 2.05) is 31.2 Å². The summed E-state index contributed by atoms with van der Waals surface area (Å²) >= 11 is 0. The van der Waals surface area contributed by atoms with Crippen molar-refractivity contribution < 1.29 is 9.84 Å². The number of hydrogen-bond donors (Lipinski definition) is 2. The number of fused-ring (bicyclic) bond motifs is 1. The highest BCUT2D eigenvalue weighted by Gasteiger charge is 2.28. The molecule has 1 heterocycles. The summed E-state index contributed by atoms with van der Waals surface area (Å²) in [7, 11) is 0. The van der Waals surface area contributed by atoms with Crippen molar-refractivity contribution in [3.63, 3.8) is 0 Å². The molecule has 0 spiro atoms. The van der Waals surface area contributed by atoms with Crippen LogP contribution in [-0.2, 0) is 11.3 Å². The molecule has 124 valence electrons. The molecule has 1 saturated carbocycles. The SMILES string of the molecule is Cc1c(COCCC2(O)CCCCC2)[nH]c2ccccc2c1=O. The Kier molecular flexibility index (Phi) is 4.83. The summed E-state index contributed by atoms with van der Waals surface area (Å²) in [6, 6.07) is 7.53. The van der Waals surface area contributed by atoms with E-state index in [1.165, 1.54) is 6.42 Å². The van der Waals surface area contributed by atoms with Crippen LogP contribution in [0.2, 0.25) is 0 Å². The molecule has 1 aromatic heterocycles. The van der Waals surface area contributed by atoms with Gasteiger partial charge in [-0.15, -0.1) is 0 Å². The molecule has 0 atom stereocenters. The zero-order valence-electron chi connectivity index (χ0n) is 13.7. The number of benzene rings is 1. The van der Waals surface area contributed by atoms with Gasteiger partial charge >= 0.3 is 0 Å². The number of aliphatic hydroxyl groups is 1. The van der Waals surface area contributed by atoms with E-state index < -0.39 is 5.60 Å². The fourth-order valence-electron chi connectivity index (χ4n) is 3.43. The van der Waals surface area contributed by atoms with Crippen molar-refractivity contribution >= 4 is 10.9 Å². The predicted molar refractivity (Wildman–Crippen MR) is 91.6 cm³/mol. The topological polar surface area (TPSA) is 62.3 Å². The van der Waals surface area contributed by atoms with Crippen LogP contribution in [0.4, 0.5) is 0 Å². The number of para-hydroxylation sites is 1. The van der Waals surface area contributed by atoms with E-state index in [1.54, 1.807) is 0 Å². The molecule has 1 aliphatic rings. The highest BCUT2D eigenvalue weighted by molar-refractivity contribution is 5.79. The summed E-state index contributed by atoms with van der Waals surface area (Å²) in [5.74, 6) is 0. The standard InChI is InChI=1S/C19H25NO3/c1-14-17(20-16-8-4-3-7-15(16)18(14)21)13-23-12-11-19(22)9-5-2-6-10-19/h3-4,7-8,22H,2,5-6,9-13H2,1H3,(H,20,21). The van der Waals surface area contributed by atoms with Gasteiger partial charge in [0.1, 0.15) is 0 Å². The number of H-pyrrole nitrogens is 1. The first-order valence-electron chi connectivity index (χ1n) is 8.50. The third-order valence-corrected chi connectivity index (χ3v) is 4.99. The highest BCUT2D eigenvalue weighted by atomic mass is 16.5. The van der Waals surface area contributed by atoms with Crippen molar-refractivity contribution in [2.45, 2.75) is 57.7 Å². The Morgan fingerprint density at radius 2 is 1.96 bits per heavy atom. The van der Waals surface area contributed by atoms with Gasteiger partial charge in [0.2, 0.25) is 0 Å². The predicted octanol–water partition coefficient (Wildman–Crippen LogP) is 3.44. The summed E-state index contributed by atoms with van der Waals surface area (Å²) in [5, 5.41) is 11.2. The lowest BCUT2D eigenvalue weighted by Gasteiger charge is -2.31. The van der Waals surface area contributed by atoms with Gasteiger partial charge in [0, 0.05) is 28.8 Å². The van der Waals surface area contributed by atoms with E-state index in [9.17, 15) is 9.90 Å². The Hall–Kier alpha value is -1.65. The van der Waals surface area contributed by atoms with Gasteiger partial charge in [0.05, 0.1) is 12.2 Å². The van der Waals surface area contributed by atoms with Gasteiger partial charge in [-0.05, 0) is 38.3 Å². The molecule has 0 unspecified atom stereocenters. The van der Waals surface area contributed by atoms with Gasteiger partial charge in [-0.3, -0.25) is 4.79 Å². The highest BCUT2D eigenvalue weighted by Crippen LogP contribution is 2.30. The second kappa shape index (κ2) is 6.85. The van der Waals surface area contributed by atoms with Crippen LogP contribution in [-0.4, -0.2) is 22.3 Å². The summed E-state index contributed by atoms with van der Waals surface area (Å²) < 4.78 is 5.74. The molecule has 4 nitrogen and oxygen atoms in total. The lowest BCUT2D eigenvalue weighted by atomic mass is 9.83. The largest absolute Gasteiger partial charge is 0.390 e. The average molecular weight is 315 g/mol. The molecule has 2 aromatic rings. The molecule has 1 aromatic carbocycles. The Morgan fingerprint density at radius 1 is 1.22 bits per heavy atom. The normalized spacial score (nSPS) is 17.5. The molecule has 4 heteroatoms. The van der Waals surface area contributed by atoms with Crippen molar-refractivity contribution in [3.05, 3.63) is 45.7 Å². The number of aromatic nitrogens is 1. The van der Waals surface area contributed by atoms with Gasteiger partial charge in [-0.1, -0.05) is 31.4 Å². The average Bonchev–Trinajstić information content (AvgIpc) is 2.56. The number of nitrogens with one attached hydrogen (secondary N) is 1. The van der Waals surface area contributed by atoms with Crippen molar-refractivity contribution in [2.75, 3.05) is 6.61 Å². The third kappa shape index (κ3) is 3.65. The zero-order chi connectivity index (χ0) is 16.3. The molecule has 2 N–H and O–H groups in total. The van der Waals surface area contributed by atoms with E-state index in [2.05, 4.69) is 4.98 Å². The molecule has 1 fully saturated rings. The first kappa shape index (κ1) is 16.2. The van der Waals surface area contributed by atoms with Crippen LogP contribution >= 0.6 is 0 Å². The maximum atomic E-state index is 12.4. The van der Waals surface area contributed by atoms with Crippen molar-refractivity contribution in [1.82, 2.24) is 4.98 Å². The maximum absolute atomic E-state index is 12.4. The fourth-order valence-corrected chi connectivity index (χ4v) is 3.43. The van der Waals surface area contributed by atoms with Crippen molar-refractivity contribution in [2.24, 2.45) is 0 Å². The van der Waals surface area contributed by atoms with Crippen molar-refractivity contribution in [3.8, 4) is 0 Å². The summed E-state index contributed by atoms with van der Waals surface area (Å²) in [5.41, 5.74) is 1.88. The van der Waals surface area contributed by atoms with Gasteiger partial charge in [0.15, 0.2) is 5.43 Å². The van der Waals surface area contributed by atoms with E-state index in [0.717, 1.165) is 36.9 Å². The number of hydrogen-bond acceptors (Lipinski definition) is 3. The minimum absolute atomic E-state index is 0.0591. The second-order valence-corrected chi connectivity index (χ2v) is 6.69. The van der Waals surface area contributed by atoms with Crippen molar-refractivity contribution in [1.29, 1.82) is 0 Å². The third-order valence-electron chi connectivity index (χ3n) is 4.99. The molecule has 0 radical (unpaired) electrons. The summed E-state index contributed by atoms with van der Waals surface area (Å²) in [4.78, 5) is 15.7. The smallest absolute Gasteiger partial charge is 0.192 e. The molecular weight excluding hydrogens is 290 g/mol. The Balaban J connectivity index is 1.63. The number of aromatic amines is 1. The number of ether oxygens (including phenoxy) is 1. The molecule has 0 saturated heterocycles. The Morgan fingerprint density at radius 3 is 2.74 bits per heavy atom. The quantitative estimate of drug-likeness (QED) is 0.831. The van der Waals surface area contributed by atoms with Crippen LogP contribution in [0.15, 0.2) is 29.1 Å². The molecular formula is C19H25NO3. The van der Waals surface area contributed by atoms with Crippen LogP contribution in [0.1, 0.15) is 49.8 Å². The van der Waals surface area contributed by atoms with Crippen LogP contribution in [0.3, 0.4) is 0 Å². The van der Waals surface area contributed by atoms with Gasteiger partial charge in [-0.2, -0.15) is 0 Å². The lowest BCUT2D eigenvalue weighted by Crippen LogP contribution is -2.32. The van der Waals surface area contributed by atoms with Gasteiger partial charge in [0.25, 0.3) is 0 Å². The molecule has 3 rings (SSSR count). The minimum Gasteiger partial charge on any atom is -0.390 e. The fraction of sp³-hybridized carbons (Fsp3) is 0.526. The monoisotopic (exact) mass is 315 g/mol. The second-order valence-electron chi connectivity index (χ2n) is 6.69. The summed E-state index contributed by atoms with van der Waals surface area (Å²) in [6.07, 6.45) is 5.86. The first-order valence-corrected chi connectivity index (χ1v) is 8.50. The van der Waals surface area contributed by atoms with E-state index in [-0.39, 0.29) is 5.43 Å². The molecule has 0 aliphatic heterocycles. The minimum atomic E-state index is -0.551. The van der Waals surface area contributed by atoms with E-state index >= 15 is 0 Å². The van der Waals surface area contributed by atoms with Gasteiger partial charge in [-0.25, -0.2) is 0 Å². The van der Waals surface area contributed by atoms with Crippen LogP contribution < -0.4 is 5.43 Å². The maximum Gasteiger partial charge on any atom is 0.192 e. The Labute approximate surface area is 136 Å². The molecule has 0 bridgehead atoms. The first-order chi connectivity index (χ1) is 11.1. The molecule has 23 heavy (non-hydrogen) atoms. The van der Waals surface area contributed by atoms with Crippen LogP contribution in [0.5, 0.6) is 0 Å². The van der Waals surface area contributed by atoms with E-state index in [4.69, 9.17) is 4.74 Å². The van der Waals surface area contributed by atoms with Crippen LogP contribution in [0.25, 0.3) is 10.9 Å². The van der Waals surface area contributed by atoms with Crippen LogP contribution in [0, 0.1) is 6.92 Å². The van der Waals surface area contributed by atoms with E-state index in [0.29, 0.717) is 30.6 Å². The number of rotatable bonds is 5. The summed E-state index contributed by atoms with van der Waals surface area (Å²) in [6.45, 7) is 2.73. The lowest BCUT2D eigenvalue weighted by molar-refractivity contribution is -0.0300. The Bertz CT molecular complexity index is 729. The molecule has 1 aliphatic carbocycles. The van der Waals surface area contributed by atoms with Gasteiger partial charge < -0.3 is 14.8 Å². The zero-order valence-corrected chi connectivity index (χ0v) is 13.7. The number of pyridine rings is 1.